The van der Waals surface area contributed by atoms with Crippen LogP contribution in [0.15, 0.2) is 53.5 Å². The molecule has 3 aromatic rings. The molecule has 1 amide bonds. The molecule has 0 aliphatic rings. The van der Waals surface area contributed by atoms with E-state index >= 15 is 0 Å². The second kappa shape index (κ2) is 6.99. The molecule has 8 nitrogen and oxygen atoms in total. The van der Waals surface area contributed by atoms with E-state index in [0.29, 0.717) is 11.4 Å². The van der Waals surface area contributed by atoms with Crippen molar-refractivity contribution in [3.8, 4) is 5.69 Å². The Labute approximate surface area is 154 Å². The molecule has 2 aromatic carbocycles. The number of anilines is 1. The molecule has 3 rings (SSSR count). The van der Waals surface area contributed by atoms with E-state index in [1.807, 2.05) is 0 Å². The van der Waals surface area contributed by atoms with Crippen molar-refractivity contribution in [3.63, 3.8) is 0 Å². The first-order chi connectivity index (χ1) is 12.0. The van der Waals surface area contributed by atoms with Gasteiger partial charge in [-0.15, -0.1) is 0 Å². The minimum absolute atomic E-state index is 0.000354. The largest absolute Gasteiger partial charge is 0.320 e. The first-order valence-electron chi connectivity index (χ1n) is 6.85. The molecule has 0 spiro atoms. The highest BCUT2D eigenvalue weighted by Gasteiger charge is 2.18. The Morgan fingerprint density at radius 3 is 2.76 bits per heavy atom. The van der Waals surface area contributed by atoms with Crippen LogP contribution in [0.2, 0.25) is 5.02 Å². The second-order valence-corrected chi connectivity index (χ2v) is 6.20. The first kappa shape index (κ1) is 17.1. The zero-order valence-corrected chi connectivity index (χ0v) is 14.7. The predicted molar refractivity (Wildman–Crippen MR) is 95.1 cm³/mol. The Hall–Kier alpha value is -2.78. The third-order valence-corrected chi connectivity index (χ3v) is 4.10. The number of rotatable bonds is 4. The van der Waals surface area contributed by atoms with Crippen LogP contribution in [0.5, 0.6) is 0 Å². The number of carbonyl (C=O) groups is 1. The molecule has 0 aliphatic carbocycles. The molecule has 0 saturated heterocycles. The fourth-order valence-electron chi connectivity index (χ4n) is 2.13. The molecule has 1 aromatic heterocycles. The zero-order valence-electron chi connectivity index (χ0n) is 12.4. The van der Waals surface area contributed by atoms with Crippen LogP contribution >= 0.6 is 27.5 Å². The number of benzene rings is 2. The summed E-state index contributed by atoms with van der Waals surface area (Å²) in [6.45, 7) is 0. The molecule has 0 aliphatic heterocycles. The molecule has 0 unspecified atom stereocenters. The molecule has 1 heterocycles. The van der Waals surface area contributed by atoms with Gasteiger partial charge in [0.25, 0.3) is 11.6 Å². The first-order valence-corrected chi connectivity index (χ1v) is 8.02. The zero-order chi connectivity index (χ0) is 18.0. The maximum atomic E-state index is 12.6. The number of carbonyl (C=O) groups excluding carboxylic acids is 1. The summed E-state index contributed by atoms with van der Waals surface area (Å²) in [4.78, 5) is 26.8. The van der Waals surface area contributed by atoms with Crippen molar-refractivity contribution in [2.24, 2.45) is 0 Å². The van der Waals surface area contributed by atoms with Crippen LogP contribution in [0, 0.1) is 10.1 Å². The van der Waals surface area contributed by atoms with Gasteiger partial charge in [-0.3, -0.25) is 14.9 Å². The molecule has 25 heavy (non-hydrogen) atoms. The van der Waals surface area contributed by atoms with E-state index in [0.717, 1.165) is 10.5 Å². The lowest BCUT2D eigenvalue weighted by molar-refractivity contribution is -0.384. The predicted octanol–water partition coefficient (Wildman–Crippen LogP) is 3.84. The molecule has 0 atom stereocenters. The number of aromatic nitrogens is 3. The topological polar surface area (TPSA) is 103 Å². The van der Waals surface area contributed by atoms with Gasteiger partial charge in [-0.05, 0) is 24.3 Å². The van der Waals surface area contributed by atoms with E-state index in [2.05, 4.69) is 31.3 Å². The second-order valence-electron chi connectivity index (χ2n) is 4.88. The summed E-state index contributed by atoms with van der Waals surface area (Å²) in [7, 11) is 0. The average Bonchev–Trinajstić information content (AvgIpc) is 3.09. The van der Waals surface area contributed by atoms with Crippen LogP contribution < -0.4 is 5.32 Å². The van der Waals surface area contributed by atoms with Gasteiger partial charge in [0.15, 0.2) is 0 Å². The highest BCUT2D eigenvalue weighted by molar-refractivity contribution is 9.10. The number of halogens is 2. The van der Waals surface area contributed by atoms with E-state index in [4.69, 9.17) is 11.6 Å². The number of hydrogen-bond acceptors (Lipinski definition) is 5. The van der Waals surface area contributed by atoms with Gasteiger partial charge in [0, 0.05) is 16.6 Å². The van der Waals surface area contributed by atoms with Crippen LogP contribution in [0.4, 0.5) is 11.4 Å². The third-order valence-electron chi connectivity index (χ3n) is 3.28. The van der Waals surface area contributed by atoms with Gasteiger partial charge in [-0.2, -0.15) is 5.10 Å². The van der Waals surface area contributed by atoms with E-state index in [1.54, 1.807) is 18.2 Å². The van der Waals surface area contributed by atoms with E-state index < -0.39 is 10.8 Å². The Bertz CT molecular complexity index is 962. The van der Waals surface area contributed by atoms with Crippen molar-refractivity contribution < 1.29 is 9.72 Å². The average molecular weight is 423 g/mol. The van der Waals surface area contributed by atoms with Crippen molar-refractivity contribution in [3.05, 3.63) is 74.2 Å². The number of amides is 1. The normalized spacial score (nSPS) is 10.5. The maximum absolute atomic E-state index is 12.6. The third kappa shape index (κ3) is 3.67. The van der Waals surface area contributed by atoms with Crippen LogP contribution in [-0.2, 0) is 0 Å². The molecule has 0 saturated carbocycles. The Morgan fingerprint density at radius 1 is 1.28 bits per heavy atom. The fraction of sp³-hybridized carbons (Fsp3) is 0. The smallest absolute Gasteiger partial charge is 0.270 e. The lowest BCUT2D eigenvalue weighted by atomic mass is 10.1. The molecule has 126 valence electrons. The number of non-ortho nitro benzene ring substituents is 1. The summed E-state index contributed by atoms with van der Waals surface area (Å²) >= 11 is 9.35. The highest BCUT2D eigenvalue weighted by Crippen LogP contribution is 2.27. The van der Waals surface area contributed by atoms with Crippen LogP contribution in [0.25, 0.3) is 5.69 Å². The minimum Gasteiger partial charge on any atom is -0.320 e. The number of nitro groups is 1. The van der Waals surface area contributed by atoms with Crippen LogP contribution in [0.1, 0.15) is 10.4 Å². The van der Waals surface area contributed by atoms with Gasteiger partial charge >= 0.3 is 0 Å². The van der Waals surface area contributed by atoms with Crippen molar-refractivity contribution in [2.45, 2.75) is 0 Å². The van der Waals surface area contributed by atoms with Crippen LogP contribution in [0.3, 0.4) is 0 Å². The monoisotopic (exact) mass is 421 g/mol. The van der Waals surface area contributed by atoms with E-state index in [1.165, 1.54) is 29.5 Å². The Kier molecular flexibility index (Phi) is 4.77. The van der Waals surface area contributed by atoms with Gasteiger partial charge in [-0.1, -0.05) is 27.5 Å². The van der Waals surface area contributed by atoms with E-state index in [-0.39, 0.29) is 16.3 Å². The molecular formula is C15H9BrClN5O3. The van der Waals surface area contributed by atoms with Gasteiger partial charge in [0.1, 0.15) is 12.7 Å². The maximum Gasteiger partial charge on any atom is 0.270 e. The van der Waals surface area contributed by atoms with Crippen molar-refractivity contribution in [1.29, 1.82) is 0 Å². The van der Waals surface area contributed by atoms with Crippen molar-refractivity contribution >= 4 is 44.8 Å². The van der Waals surface area contributed by atoms with Crippen molar-refractivity contribution in [1.82, 2.24) is 14.8 Å². The summed E-state index contributed by atoms with van der Waals surface area (Å²) in [5.41, 5.74) is 0.795. The van der Waals surface area contributed by atoms with Crippen LogP contribution in [-0.4, -0.2) is 25.6 Å². The van der Waals surface area contributed by atoms with E-state index in [9.17, 15) is 14.9 Å². The molecule has 0 fully saturated rings. The highest BCUT2D eigenvalue weighted by atomic mass is 79.9. The summed E-state index contributed by atoms with van der Waals surface area (Å²) in [6.07, 6.45) is 2.85. The minimum atomic E-state index is -0.590. The Morgan fingerprint density at radius 2 is 2.08 bits per heavy atom. The van der Waals surface area contributed by atoms with Gasteiger partial charge in [0.05, 0.1) is 26.9 Å². The van der Waals surface area contributed by atoms with Crippen molar-refractivity contribution in [2.75, 3.05) is 5.32 Å². The summed E-state index contributed by atoms with van der Waals surface area (Å²) in [5, 5.41) is 17.8. The standard InChI is InChI=1S/C15H9BrClN5O3/c16-9-1-4-14(21-8-18-7-19-21)13(5-9)20-15(23)11-6-10(22(24)25)2-3-12(11)17/h1-8H,(H,20,23). The number of nitro benzene ring substituents is 1. The lowest BCUT2D eigenvalue weighted by Gasteiger charge is -2.12. The summed E-state index contributed by atoms with van der Waals surface area (Å²) in [6, 6.07) is 8.88. The molecule has 0 bridgehead atoms. The molecular weight excluding hydrogens is 414 g/mol. The quantitative estimate of drug-likeness (QED) is 0.508. The molecule has 1 N–H and O–H groups in total. The van der Waals surface area contributed by atoms with Gasteiger partial charge in [0.2, 0.25) is 0 Å². The molecule has 10 heteroatoms. The number of nitrogens with zero attached hydrogens (tertiary/aromatic N) is 4. The summed E-state index contributed by atoms with van der Waals surface area (Å²) in [5.74, 6) is -0.576. The summed E-state index contributed by atoms with van der Waals surface area (Å²) < 4.78 is 2.22. The number of hydrogen-bond donors (Lipinski definition) is 1. The SMILES string of the molecule is O=C(Nc1cc(Br)ccc1-n1cncn1)c1cc([N+](=O)[O-])ccc1Cl. The number of nitrogens with one attached hydrogen (secondary N) is 1. The van der Waals surface area contributed by atoms with Gasteiger partial charge < -0.3 is 5.32 Å². The molecule has 0 radical (unpaired) electrons. The van der Waals surface area contributed by atoms with Gasteiger partial charge in [-0.25, -0.2) is 9.67 Å². The fourth-order valence-corrected chi connectivity index (χ4v) is 2.70. The lowest BCUT2D eigenvalue weighted by Crippen LogP contribution is -2.15. The Balaban J connectivity index is 1.98.